The van der Waals surface area contributed by atoms with Crippen LogP contribution in [0.1, 0.15) is 44.1 Å². The number of hydrogen-bond donors (Lipinski definition) is 3. The van der Waals surface area contributed by atoms with E-state index >= 15 is 0 Å². The van der Waals surface area contributed by atoms with Crippen LogP contribution in [0.3, 0.4) is 0 Å². The molecule has 0 radical (unpaired) electrons. The van der Waals surface area contributed by atoms with Crippen LogP contribution in [0.15, 0.2) is 12.4 Å². The Morgan fingerprint density at radius 2 is 2.15 bits per heavy atom. The number of halogens is 2. The molecular weight excluding hydrogens is 438 g/mol. The molecule has 1 aliphatic heterocycles. The van der Waals surface area contributed by atoms with Gasteiger partial charge in [0.15, 0.2) is 6.61 Å². The minimum Gasteiger partial charge on any atom is -0.470 e. The van der Waals surface area contributed by atoms with Crippen LogP contribution in [-0.2, 0) is 14.9 Å². The Morgan fingerprint density at radius 3 is 2.88 bits per heavy atom. The zero-order chi connectivity index (χ0) is 23.2. The quantitative estimate of drug-likeness (QED) is 0.543. The summed E-state index contributed by atoms with van der Waals surface area (Å²) < 4.78 is 37.1. The molecule has 3 N–H and O–H groups in total. The number of nitrogens with zero attached hydrogens (tertiary/aromatic N) is 4. The topological polar surface area (TPSA) is 125 Å². The summed E-state index contributed by atoms with van der Waals surface area (Å²) in [5.74, 6) is -2.39. The number of carbonyl (C=O) groups excluding carboxylic acids is 1. The highest BCUT2D eigenvalue weighted by atomic mass is 19.3. The second-order valence-electron chi connectivity index (χ2n) is 8.98. The number of H-pyrrole nitrogens is 1. The molecule has 1 amide bonds. The van der Waals surface area contributed by atoms with Gasteiger partial charge in [-0.25, -0.2) is 18.9 Å². The van der Waals surface area contributed by atoms with Crippen LogP contribution >= 0.6 is 0 Å². The summed E-state index contributed by atoms with van der Waals surface area (Å²) in [5, 5.41) is 19.5. The number of amides is 1. The summed E-state index contributed by atoms with van der Waals surface area (Å²) in [6.45, 7) is -1.66. The van der Waals surface area contributed by atoms with Crippen molar-refractivity contribution >= 4 is 23.4 Å². The van der Waals surface area contributed by atoms with Gasteiger partial charge in [-0.3, -0.25) is 9.69 Å². The lowest BCUT2D eigenvalue weighted by atomic mass is 9.92. The largest absolute Gasteiger partial charge is 0.470 e. The number of aromatic nitrogens is 4. The van der Waals surface area contributed by atoms with Crippen LogP contribution < -0.4 is 15.0 Å². The van der Waals surface area contributed by atoms with Gasteiger partial charge in [0.2, 0.25) is 17.7 Å². The normalized spacial score (nSPS) is 23.6. The fourth-order valence-electron chi connectivity index (χ4n) is 4.74. The van der Waals surface area contributed by atoms with Crippen LogP contribution in [-0.4, -0.2) is 69.6 Å². The number of fused-ring (bicyclic) bond motifs is 2. The molecule has 2 atom stereocenters. The van der Waals surface area contributed by atoms with E-state index in [0.29, 0.717) is 12.2 Å². The van der Waals surface area contributed by atoms with Gasteiger partial charge in [0.1, 0.15) is 18.1 Å². The lowest BCUT2D eigenvalue weighted by Gasteiger charge is -2.33. The second-order valence-corrected chi connectivity index (χ2v) is 8.98. The number of aliphatic hydroxyl groups excluding tert-OH is 1. The van der Waals surface area contributed by atoms with Crippen molar-refractivity contribution in [3.63, 3.8) is 0 Å². The average molecular weight is 464 g/mol. The molecule has 2 aromatic rings. The Hall–Kier alpha value is -2.86. The molecule has 10 nitrogen and oxygen atoms in total. The molecule has 2 fully saturated rings. The van der Waals surface area contributed by atoms with Crippen LogP contribution in [0.4, 0.5) is 26.2 Å². The summed E-state index contributed by atoms with van der Waals surface area (Å²) in [6, 6.07) is -0.112. The third-order valence-corrected chi connectivity index (χ3v) is 6.51. The fourth-order valence-corrected chi connectivity index (χ4v) is 4.74. The van der Waals surface area contributed by atoms with E-state index in [2.05, 4.69) is 30.2 Å². The Labute approximate surface area is 188 Å². The molecule has 0 bridgehead atoms. The number of hydrogen-bond acceptors (Lipinski definition) is 8. The summed E-state index contributed by atoms with van der Waals surface area (Å²) in [6.07, 6.45) is 7.02. The third-order valence-electron chi connectivity index (χ3n) is 6.51. The van der Waals surface area contributed by atoms with Crippen molar-refractivity contribution in [1.29, 1.82) is 0 Å². The van der Waals surface area contributed by atoms with Gasteiger partial charge in [0, 0.05) is 24.9 Å². The molecule has 2 saturated carbocycles. The van der Waals surface area contributed by atoms with Gasteiger partial charge < -0.3 is 19.9 Å². The van der Waals surface area contributed by atoms with Crippen molar-refractivity contribution in [2.75, 3.05) is 30.5 Å². The molecule has 0 aromatic carbocycles. The number of anilines is 3. The van der Waals surface area contributed by atoms with E-state index in [0.717, 1.165) is 37.7 Å². The summed E-state index contributed by atoms with van der Waals surface area (Å²) in [5.41, 5.74) is 0.543. The second kappa shape index (κ2) is 8.17. The van der Waals surface area contributed by atoms with Gasteiger partial charge in [-0.05, 0) is 38.5 Å². The van der Waals surface area contributed by atoms with Crippen molar-refractivity contribution < 1.29 is 28.2 Å². The molecule has 0 unspecified atom stereocenters. The molecule has 3 heterocycles. The van der Waals surface area contributed by atoms with Crippen LogP contribution in [0.2, 0.25) is 0 Å². The maximum absolute atomic E-state index is 13.7. The number of alkyl halides is 2. The van der Waals surface area contributed by atoms with E-state index in [1.54, 1.807) is 11.1 Å². The number of aliphatic hydroxyl groups is 1. The van der Waals surface area contributed by atoms with Gasteiger partial charge >= 0.3 is 5.92 Å². The highest BCUT2D eigenvalue weighted by Crippen LogP contribution is 2.57. The van der Waals surface area contributed by atoms with E-state index in [1.165, 1.54) is 13.3 Å². The first-order valence-corrected chi connectivity index (χ1v) is 11.0. The van der Waals surface area contributed by atoms with Gasteiger partial charge in [0.25, 0.3) is 0 Å². The van der Waals surface area contributed by atoms with Crippen molar-refractivity contribution in [3.05, 3.63) is 18.0 Å². The number of methoxy groups -OCH3 is 1. The van der Waals surface area contributed by atoms with Gasteiger partial charge in [0.05, 0.1) is 17.7 Å². The van der Waals surface area contributed by atoms with Gasteiger partial charge in [-0.15, -0.1) is 0 Å². The molecule has 33 heavy (non-hydrogen) atoms. The number of rotatable bonds is 8. The number of ether oxygens (including phenoxy) is 2. The zero-order valence-electron chi connectivity index (χ0n) is 18.2. The summed E-state index contributed by atoms with van der Waals surface area (Å²) in [7, 11) is 1.19. The van der Waals surface area contributed by atoms with Crippen molar-refractivity contribution in [2.45, 2.75) is 62.0 Å². The Bertz CT molecular complexity index is 1040. The van der Waals surface area contributed by atoms with E-state index < -0.39 is 30.7 Å². The van der Waals surface area contributed by atoms with Crippen LogP contribution in [0.5, 0.6) is 5.88 Å². The number of carbonyl (C=O) groups is 1. The smallest absolute Gasteiger partial charge is 0.304 e. The SMILES string of the molecule is COCC(F)(F)COc1[nH]ncc1Nc1ncc2c(n1)N([C@@H]1CCC[C@@H](O)C1)C(=O)C21CC1. The van der Waals surface area contributed by atoms with Crippen LogP contribution in [0, 0.1) is 0 Å². The molecular formula is C21H26F2N6O4. The van der Waals surface area contributed by atoms with E-state index in [9.17, 15) is 18.7 Å². The van der Waals surface area contributed by atoms with Crippen molar-refractivity contribution in [2.24, 2.45) is 0 Å². The molecule has 5 rings (SSSR count). The monoisotopic (exact) mass is 464 g/mol. The summed E-state index contributed by atoms with van der Waals surface area (Å²) in [4.78, 5) is 24.0. The zero-order valence-corrected chi connectivity index (χ0v) is 18.2. The molecule has 178 valence electrons. The standard InChI is InChI=1S/C21H26F2N6O4/c1-32-10-21(22,23)11-33-17-15(9-25-28-17)26-19-24-8-14-16(27-19)29(18(31)20(14)5-6-20)12-3-2-4-13(30)7-12/h8-9,12-13,30H,2-7,10-11H2,1H3,(H,25,28)(H,24,26,27)/t12-,13-/m1/s1. The number of aromatic amines is 1. The predicted molar refractivity (Wildman–Crippen MR) is 113 cm³/mol. The molecule has 0 saturated heterocycles. The Morgan fingerprint density at radius 1 is 1.33 bits per heavy atom. The third kappa shape index (κ3) is 4.01. The Kier molecular flexibility index (Phi) is 5.44. The minimum absolute atomic E-state index is 0.0110. The predicted octanol–water partition coefficient (Wildman–Crippen LogP) is 2.29. The van der Waals surface area contributed by atoms with Gasteiger partial charge in [-0.2, -0.15) is 10.1 Å². The fraction of sp³-hybridized carbons (Fsp3) is 0.619. The maximum Gasteiger partial charge on any atom is 0.304 e. The van der Waals surface area contributed by atoms with Crippen molar-refractivity contribution in [3.8, 4) is 5.88 Å². The average Bonchev–Trinajstić information content (AvgIpc) is 3.40. The number of nitrogens with one attached hydrogen (secondary N) is 2. The maximum atomic E-state index is 13.7. The van der Waals surface area contributed by atoms with E-state index in [1.807, 2.05) is 0 Å². The summed E-state index contributed by atoms with van der Waals surface area (Å²) >= 11 is 0. The Balaban J connectivity index is 1.37. The lowest BCUT2D eigenvalue weighted by molar-refractivity contribution is -0.121. The highest BCUT2D eigenvalue weighted by Gasteiger charge is 2.61. The molecule has 2 aromatic heterocycles. The van der Waals surface area contributed by atoms with E-state index in [4.69, 9.17) is 4.74 Å². The molecule has 3 aliphatic rings. The van der Waals surface area contributed by atoms with E-state index in [-0.39, 0.29) is 29.5 Å². The molecule has 1 spiro atoms. The van der Waals surface area contributed by atoms with Crippen LogP contribution in [0.25, 0.3) is 0 Å². The molecule has 12 heteroatoms. The first kappa shape index (κ1) is 22.0. The molecule has 2 aliphatic carbocycles. The first-order chi connectivity index (χ1) is 15.8. The lowest BCUT2D eigenvalue weighted by Crippen LogP contribution is -2.44. The van der Waals surface area contributed by atoms with Crippen molar-refractivity contribution in [1.82, 2.24) is 20.2 Å². The minimum atomic E-state index is -3.16. The first-order valence-electron chi connectivity index (χ1n) is 11.0. The highest BCUT2D eigenvalue weighted by molar-refractivity contribution is 6.09. The van der Waals surface area contributed by atoms with Gasteiger partial charge in [-0.1, -0.05) is 0 Å².